The van der Waals surface area contributed by atoms with E-state index in [0.29, 0.717) is 11.3 Å². The van der Waals surface area contributed by atoms with Crippen LogP contribution in [0.1, 0.15) is 5.56 Å². The third-order valence-electron chi connectivity index (χ3n) is 1.92. The largest absolute Gasteiger partial charge is 0.497 e. The number of methoxy groups -OCH3 is 1. The highest BCUT2D eigenvalue weighted by molar-refractivity contribution is 5.73. The van der Waals surface area contributed by atoms with Gasteiger partial charge in [0.2, 0.25) is 0 Å². The molecule has 1 aromatic rings. The maximum Gasteiger partial charge on any atom is 0.314 e. The molecule has 0 unspecified atom stereocenters. The summed E-state index contributed by atoms with van der Waals surface area (Å²) in [5, 5.41) is 4.87. The van der Waals surface area contributed by atoms with Crippen LogP contribution in [0.4, 0.5) is 9.18 Å². The van der Waals surface area contributed by atoms with Gasteiger partial charge in [0, 0.05) is 19.2 Å². The lowest BCUT2D eigenvalue weighted by atomic mass is 10.2. The third-order valence-corrected chi connectivity index (χ3v) is 1.92. The molecule has 0 aliphatic heterocycles. The van der Waals surface area contributed by atoms with Crippen LogP contribution in [0.5, 0.6) is 5.75 Å². The number of hydrogen-bond donors (Lipinski definition) is 2. The van der Waals surface area contributed by atoms with E-state index in [1.165, 1.54) is 26.3 Å². The van der Waals surface area contributed by atoms with E-state index in [9.17, 15) is 9.18 Å². The second-order valence-corrected chi connectivity index (χ2v) is 2.89. The van der Waals surface area contributed by atoms with Crippen molar-refractivity contribution < 1.29 is 13.9 Å². The molecular formula is C10H13FN2O2. The molecule has 5 heteroatoms. The summed E-state index contributed by atoms with van der Waals surface area (Å²) >= 11 is 0. The Bertz CT molecular complexity index is 355. The molecule has 15 heavy (non-hydrogen) atoms. The molecule has 0 aliphatic rings. The van der Waals surface area contributed by atoms with Crippen molar-refractivity contribution in [3.05, 3.63) is 29.6 Å². The molecule has 1 aromatic carbocycles. The Balaban J connectivity index is 2.70. The zero-order chi connectivity index (χ0) is 11.3. The summed E-state index contributed by atoms with van der Waals surface area (Å²) in [6, 6.07) is 4.03. The van der Waals surface area contributed by atoms with Crippen LogP contribution in [0.2, 0.25) is 0 Å². The third kappa shape index (κ3) is 3.12. The molecule has 0 atom stereocenters. The van der Waals surface area contributed by atoms with Crippen LogP contribution in [0.3, 0.4) is 0 Å². The lowest BCUT2D eigenvalue weighted by Gasteiger charge is -2.07. The van der Waals surface area contributed by atoms with Crippen molar-refractivity contribution >= 4 is 6.03 Å². The molecule has 0 aromatic heterocycles. The van der Waals surface area contributed by atoms with Gasteiger partial charge in [-0.2, -0.15) is 0 Å². The highest BCUT2D eigenvalue weighted by atomic mass is 19.1. The maximum atomic E-state index is 13.2. The van der Waals surface area contributed by atoms with Crippen LogP contribution in [-0.2, 0) is 6.54 Å². The summed E-state index contributed by atoms with van der Waals surface area (Å²) in [5.74, 6) is 0.192. The maximum absolute atomic E-state index is 13.2. The average Bonchev–Trinajstić information content (AvgIpc) is 2.27. The lowest BCUT2D eigenvalue weighted by molar-refractivity contribution is 0.242. The second-order valence-electron chi connectivity index (χ2n) is 2.89. The standard InChI is InChI=1S/C10H13FN2O2/c1-12-10(14)13-6-7-5-8(15-2)3-4-9(7)11/h3-5H,6H2,1-2H3,(H2,12,13,14). The van der Waals surface area contributed by atoms with Gasteiger partial charge < -0.3 is 15.4 Å². The highest BCUT2D eigenvalue weighted by Crippen LogP contribution is 2.16. The number of carbonyl (C=O) groups excluding carboxylic acids is 1. The van der Waals surface area contributed by atoms with Crippen LogP contribution in [0, 0.1) is 5.82 Å². The Hall–Kier alpha value is -1.78. The molecule has 4 nitrogen and oxygen atoms in total. The van der Waals surface area contributed by atoms with Crippen molar-refractivity contribution in [1.29, 1.82) is 0 Å². The quantitative estimate of drug-likeness (QED) is 0.792. The molecule has 0 fully saturated rings. The molecule has 0 saturated carbocycles. The van der Waals surface area contributed by atoms with Crippen molar-refractivity contribution in [1.82, 2.24) is 10.6 Å². The minimum absolute atomic E-state index is 0.128. The molecule has 2 N–H and O–H groups in total. The minimum Gasteiger partial charge on any atom is -0.497 e. The number of halogens is 1. The number of ether oxygens (including phenoxy) is 1. The summed E-state index contributed by atoms with van der Waals surface area (Å²) in [6.07, 6.45) is 0. The molecular weight excluding hydrogens is 199 g/mol. The van der Waals surface area contributed by atoms with E-state index in [1.54, 1.807) is 6.07 Å². The Morgan fingerprint density at radius 1 is 1.53 bits per heavy atom. The Morgan fingerprint density at radius 3 is 2.87 bits per heavy atom. The van der Waals surface area contributed by atoms with E-state index in [4.69, 9.17) is 4.74 Å². The fourth-order valence-corrected chi connectivity index (χ4v) is 1.08. The monoisotopic (exact) mass is 212 g/mol. The fraction of sp³-hybridized carbons (Fsp3) is 0.300. The van der Waals surface area contributed by atoms with Gasteiger partial charge in [0.15, 0.2) is 0 Å². The van der Waals surface area contributed by atoms with Crippen LogP contribution in [-0.4, -0.2) is 20.2 Å². The van der Waals surface area contributed by atoms with Crippen LogP contribution >= 0.6 is 0 Å². The number of nitrogens with one attached hydrogen (secondary N) is 2. The lowest BCUT2D eigenvalue weighted by Crippen LogP contribution is -2.32. The van der Waals surface area contributed by atoms with Gasteiger partial charge in [-0.25, -0.2) is 9.18 Å². The molecule has 82 valence electrons. The van der Waals surface area contributed by atoms with Gasteiger partial charge in [-0.3, -0.25) is 0 Å². The number of benzene rings is 1. The number of urea groups is 1. The van der Waals surface area contributed by atoms with E-state index in [0.717, 1.165) is 0 Å². The molecule has 1 rings (SSSR count). The van der Waals surface area contributed by atoms with E-state index in [-0.39, 0.29) is 18.4 Å². The summed E-state index contributed by atoms with van der Waals surface area (Å²) in [5.41, 5.74) is 0.387. The van der Waals surface area contributed by atoms with E-state index >= 15 is 0 Å². The summed E-state index contributed by atoms with van der Waals surface area (Å²) < 4.78 is 18.2. The normalized spacial score (nSPS) is 9.53. The summed E-state index contributed by atoms with van der Waals surface area (Å²) in [4.78, 5) is 10.9. The van der Waals surface area contributed by atoms with Gasteiger partial charge in [-0.15, -0.1) is 0 Å². The first kappa shape index (κ1) is 11.3. The van der Waals surface area contributed by atoms with Crippen molar-refractivity contribution in [2.24, 2.45) is 0 Å². The first-order chi connectivity index (χ1) is 7.17. The predicted octanol–water partition coefficient (Wildman–Crippen LogP) is 1.26. The number of carbonyl (C=O) groups is 1. The van der Waals surface area contributed by atoms with Gasteiger partial charge >= 0.3 is 6.03 Å². The van der Waals surface area contributed by atoms with E-state index in [1.807, 2.05) is 0 Å². The van der Waals surface area contributed by atoms with Gasteiger partial charge in [-0.1, -0.05) is 0 Å². The van der Waals surface area contributed by atoms with E-state index in [2.05, 4.69) is 10.6 Å². The molecule has 0 bridgehead atoms. The zero-order valence-electron chi connectivity index (χ0n) is 8.63. The first-order valence-electron chi connectivity index (χ1n) is 4.45. The number of amides is 2. The molecule has 0 heterocycles. The van der Waals surface area contributed by atoms with Crippen LogP contribution in [0.15, 0.2) is 18.2 Å². The van der Waals surface area contributed by atoms with Crippen molar-refractivity contribution in [3.63, 3.8) is 0 Å². The molecule has 0 saturated heterocycles. The van der Waals surface area contributed by atoms with Gasteiger partial charge in [-0.05, 0) is 18.2 Å². The van der Waals surface area contributed by atoms with Gasteiger partial charge in [0.1, 0.15) is 11.6 Å². The smallest absolute Gasteiger partial charge is 0.314 e. The van der Waals surface area contributed by atoms with Crippen LogP contribution in [0.25, 0.3) is 0 Å². The fourth-order valence-electron chi connectivity index (χ4n) is 1.08. The van der Waals surface area contributed by atoms with Gasteiger partial charge in [0.05, 0.1) is 7.11 Å². The molecule has 0 aliphatic carbocycles. The Kier molecular flexibility index (Phi) is 3.91. The van der Waals surface area contributed by atoms with Crippen molar-refractivity contribution in [2.45, 2.75) is 6.54 Å². The topological polar surface area (TPSA) is 50.4 Å². The number of hydrogen-bond acceptors (Lipinski definition) is 2. The van der Waals surface area contributed by atoms with Crippen LogP contribution < -0.4 is 15.4 Å². The summed E-state index contributed by atoms with van der Waals surface area (Å²) in [6.45, 7) is 0.128. The SMILES string of the molecule is CNC(=O)NCc1cc(OC)ccc1F. The summed E-state index contributed by atoms with van der Waals surface area (Å²) in [7, 11) is 3.00. The second kappa shape index (κ2) is 5.19. The average molecular weight is 212 g/mol. The van der Waals surface area contributed by atoms with Crippen molar-refractivity contribution in [3.8, 4) is 5.75 Å². The first-order valence-corrected chi connectivity index (χ1v) is 4.45. The zero-order valence-corrected chi connectivity index (χ0v) is 8.63. The highest BCUT2D eigenvalue weighted by Gasteiger charge is 2.05. The molecule has 0 radical (unpaired) electrons. The Labute approximate surface area is 87.4 Å². The molecule has 0 spiro atoms. The van der Waals surface area contributed by atoms with Crippen molar-refractivity contribution in [2.75, 3.05) is 14.2 Å². The number of rotatable bonds is 3. The predicted molar refractivity (Wildman–Crippen MR) is 54.2 cm³/mol. The van der Waals surface area contributed by atoms with Gasteiger partial charge in [0.25, 0.3) is 0 Å². The minimum atomic E-state index is -0.368. The molecule has 2 amide bonds. The van der Waals surface area contributed by atoms with E-state index < -0.39 is 0 Å². The Morgan fingerprint density at radius 2 is 2.27 bits per heavy atom.